The van der Waals surface area contributed by atoms with E-state index >= 15 is 0 Å². The Bertz CT molecular complexity index is 742. The van der Waals surface area contributed by atoms with Crippen LogP contribution in [0.25, 0.3) is 11.0 Å². The van der Waals surface area contributed by atoms with Crippen molar-refractivity contribution in [1.29, 1.82) is 0 Å². The van der Waals surface area contributed by atoms with Gasteiger partial charge >= 0.3 is 0 Å². The summed E-state index contributed by atoms with van der Waals surface area (Å²) in [6.07, 6.45) is 6.63. The topological polar surface area (TPSA) is 38.5 Å². The van der Waals surface area contributed by atoms with Crippen LogP contribution in [-0.2, 0) is 13.1 Å². The fourth-order valence-corrected chi connectivity index (χ4v) is 2.83. The highest BCUT2D eigenvalue weighted by atomic mass is 79.9. The molecule has 3 rings (SSSR count). The zero-order valence-electron chi connectivity index (χ0n) is 10.2. The molecule has 0 saturated heterocycles. The summed E-state index contributed by atoms with van der Waals surface area (Å²) >= 11 is 8.88. The van der Waals surface area contributed by atoms with Crippen molar-refractivity contribution in [1.82, 2.24) is 19.1 Å². The normalized spacial score (nSPS) is 11.2. The van der Waals surface area contributed by atoms with Gasteiger partial charge < -0.3 is 14.1 Å². The predicted octanol–water partition coefficient (Wildman–Crippen LogP) is 3.75. The number of aromatic amines is 1. The van der Waals surface area contributed by atoms with E-state index in [0.29, 0.717) is 0 Å². The lowest BCUT2D eigenvalue weighted by atomic mass is 10.3. The fourth-order valence-electron chi connectivity index (χ4n) is 2.18. The summed E-state index contributed by atoms with van der Waals surface area (Å²) in [7, 11) is 0. The van der Waals surface area contributed by atoms with Gasteiger partial charge in [-0.15, -0.1) is 0 Å². The van der Waals surface area contributed by atoms with Crippen molar-refractivity contribution in [2.75, 3.05) is 0 Å². The lowest BCUT2D eigenvalue weighted by molar-refractivity contribution is 0.568. The molecule has 0 aliphatic heterocycles. The largest absolute Gasteiger partial charge is 0.337 e. The highest BCUT2D eigenvalue weighted by Crippen LogP contribution is 2.20. The number of hydrogen-bond acceptors (Lipinski definition) is 2. The first-order chi connectivity index (χ1) is 9.24. The van der Waals surface area contributed by atoms with Crippen LogP contribution in [0.4, 0.5) is 0 Å². The molecule has 0 aliphatic rings. The number of benzene rings is 1. The van der Waals surface area contributed by atoms with Crippen LogP contribution in [0, 0.1) is 4.77 Å². The Morgan fingerprint density at radius 3 is 3.00 bits per heavy atom. The van der Waals surface area contributed by atoms with Gasteiger partial charge in [-0.05, 0) is 36.8 Å². The number of imidazole rings is 2. The molecule has 19 heavy (non-hydrogen) atoms. The molecule has 6 heteroatoms. The Kier molecular flexibility index (Phi) is 3.52. The van der Waals surface area contributed by atoms with Crippen LogP contribution < -0.4 is 0 Å². The molecule has 2 heterocycles. The summed E-state index contributed by atoms with van der Waals surface area (Å²) in [5.74, 6) is 0. The number of fused-ring (bicyclic) bond motifs is 1. The van der Waals surface area contributed by atoms with Crippen molar-refractivity contribution >= 4 is 39.2 Å². The molecule has 1 aromatic carbocycles. The van der Waals surface area contributed by atoms with E-state index in [1.54, 1.807) is 6.20 Å². The maximum Gasteiger partial charge on any atom is 0.178 e. The van der Waals surface area contributed by atoms with E-state index in [2.05, 4.69) is 41.1 Å². The van der Waals surface area contributed by atoms with Crippen LogP contribution >= 0.6 is 28.1 Å². The monoisotopic (exact) mass is 336 g/mol. The molecule has 2 aromatic heterocycles. The average molecular weight is 337 g/mol. The zero-order valence-corrected chi connectivity index (χ0v) is 12.6. The van der Waals surface area contributed by atoms with Gasteiger partial charge in [0.15, 0.2) is 4.77 Å². The number of nitrogens with one attached hydrogen (secondary N) is 1. The molecule has 4 nitrogen and oxygen atoms in total. The van der Waals surface area contributed by atoms with Gasteiger partial charge in [0.1, 0.15) is 0 Å². The minimum Gasteiger partial charge on any atom is -0.337 e. The van der Waals surface area contributed by atoms with Crippen molar-refractivity contribution in [3.8, 4) is 0 Å². The molecule has 1 N–H and O–H groups in total. The summed E-state index contributed by atoms with van der Waals surface area (Å²) in [5, 5.41) is 0. The lowest BCUT2D eigenvalue weighted by Gasteiger charge is -2.05. The molecular formula is C13H13BrN4S. The number of rotatable bonds is 4. The second-order valence-electron chi connectivity index (χ2n) is 4.40. The minimum absolute atomic E-state index is 0.777. The number of halogens is 1. The first kappa shape index (κ1) is 12.6. The van der Waals surface area contributed by atoms with Crippen LogP contribution in [0.3, 0.4) is 0 Å². The van der Waals surface area contributed by atoms with Gasteiger partial charge in [0, 0.05) is 30.0 Å². The minimum atomic E-state index is 0.777. The number of aryl methyl sites for hydroxylation is 2. The molecular weight excluding hydrogens is 324 g/mol. The van der Waals surface area contributed by atoms with E-state index in [1.807, 2.05) is 24.7 Å². The Labute approximate surface area is 124 Å². The second kappa shape index (κ2) is 5.30. The first-order valence-corrected chi connectivity index (χ1v) is 7.28. The van der Waals surface area contributed by atoms with Crippen molar-refractivity contribution in [2.24, 2.45) is 0 Å². The fraction of sp³-hybridized carbons (Fsp3) is 0.231. The van der Waals surface area contributed by atoms with E-state index < -0.39 is 0 Å². The molecule has 0 unspecified atom stereocenters. The number of aromatic nitrogens is 4. The molecule has 0 bridgehead atoms. The van der Waals surface area contributed by atoms with Crippen LogP contribution in [0.2, 0.25) is 0 Å². The van der Waals surface area contributed by atoms with Gasteiger partial charge in [0.2, 0.25) is 0 Å². The Morgan fingerprint density at radius 1 is 1.32 bits per heavy atom. The Morgan fingerprint density at radius 2 is 2.21 bits per heavy atom. The molecule has 0 saturated carbocycles. The molecule has 0 aliphatic carbocycles. The molecule has 0 fully saturated rings. The molecule has 0 spiro atoms. The summed E-state index contributed by atoms with van der Waals surface area (Å²) in [5.41, 5.74) is 2.22. The van der Waals surface area contributed by atoms with E-state index in [-0.39, 0.29) is 0 Å². The second-order valence-corrected chi connectivity index (χ2v) is 5.70. The highest BCUT2D eigenvalue weighted by molar-refractivity contribution is 9.10. The third-order valence-electron chi connectivity index (χ3n) is 3.09. The van der Waals surface area contributed by atoms with Crippen LogP contribution in [0.5, 0.6) is 0 Å². The van der Waals surface area contributed by atoms with Gasteiger partial charge in [-0.2, -0.15) is 0 Å². The quantitative estimate of drug-likeness (QED) is 0.737. The van der Waals surface area contributed by atoms with Crippen molar-refractivity contribution in [3.63, 3.8) is 0 Å². The summed E-state index contributed by atoms with van der Waals surface area (Å²) < 4.78 is 6.07. The van der Waals surface area contributed by atoms with Gasteiger partial charge in [0.05, 0.1) is 17.4 Å². The predicted molar refractivity (Wildman–Crippen MR) is 81.7 cm³/mol. The van der Waals surface area contributed by atoms with Gasteiger partial charge in [-0.1, -0.05) is 15.9 Å². The van der Waals surface area contributed by atoms with E-state index in [0.717, 1.165) is 39.8 Å². The highest BCUT2D eigenvalue weighted by Gasteiger charge is 2.04. The number of nitrogens with zero attached hydrogens (tertiary/aromatic N) is 3. The van der Waals surface area contributed by atoms with Crippen LogP contribution in [0.1, 0.15) is 6.42 Å². The Hall–Kier alpha value is -1.40. The standard InChI is InChI=1S/C13H13BrN4S/c14-10-2-3-11-12(8-10)18(13(19)16-11)6-1-5-17-7-4-15-9-17/h2-4,7-9H,1,5-6H2,(H,16,19). The van der Waals surface area contributed by atoms with Crippen molar-refractivity contribution in [2.45, 2.75) is 19.5 Å². The molecule has 0 atom stereocenters. The average Bonchev–Trinajstić information content (AvgIpc) is 2.99. The van der Waals surface area contributed by atoms with Crippen molar-refractivity contribution < 1.29 is 0 Å². The maximum absolute atomic E-state index is 5.38. The summed E-state index contributed by atoms with van der Waals surface area (Å²) in [4.78, 5) is 7.28. The maximum atomic E-state index is 5.38. The third-order valence-corrected chi connectivity index (χ3v) is 3.91. The lowest BCUT2D eigenvalue weighted by Crippen LogP contribution is -2.02. The zero-order chi connectivity index (χ0) is 13.2. The number of H-pyrrole nitrogens is 1. The van der Waals surface area contributed by atoms with Crippen LogP contribution in [-0.4, -0.2) is 19.1 Å². The van der Waals surface area contributed by atoms with Gasteiger partial charge in [0.25, 0.3) is 0 Å². The smallest absolute Gasteiger partial charge is 0.178 e. The van der Waals surface area contributed by atoms with E-state index in [1.165, 1.54) is 0 Å². The van der Waals surface area contributed by atoms with Gasteiger partial charge in [-0.3, -0.25) is 0 Å². The summed E-state index contributed by atoms with van der Waals surface area (Å²) in [6, 6.07) is 6.16. The Balaban J connectivity index is 1.82. The third kappa shape index (κ3) is 2.64. The SMILES string of the molecule is S=c1[nH]c2ccc(Br)cc2n1CCCn1ccnc1. The van der Waals surface area contributed by atoms with Gasteiger partial charge in [-0.25, -0.2) is 4.98 Å². The number of hydrogen-bond donors (Lipinski definition) is 1. The van der Waals surface area contributed by atoms with Crippen LogP contribution in [0.15, 0.2) is 41.4 Å². The van der Waals surface area contributed by atoms with E-state index in [9.17, 15) is 0 Å². The molecule has 98 valence electrons. The summed E-state index contributed by atoms with van der Waals surface area (Å²) in [6.45, 7) is 1.84. The molecule has 3 aromatic rings. The van der Waals surface area contributed by atoms with Crippen molar-refractivity contribution in [3.05, 3.63) is 46.2 Å². The molecule has 0 radical (unpaired) electrons. The van der Waals surface area contributed by atoms with E-state index in [4.69, 9.17) is 12.2 Å². The molecule has 0 amide bonds. The first-order valence-electron chi connectivity index (χ1n) is 6.08.